The Kier molecular flexibility index (Phi) is 4.28. The first kappa shape index (κ1) is 16.5. The number of nitrogens with one attached hydrogen (secondary N) is 1. The summed E-state index contributed by atoms with van der Waals surface area (Å²) in [4.78, 5) is 16.5. The van der Waals surface area contributed by atoms with Crippen LogP contribution in [0.5, 0.6) is 5.75 Å². The van der Waals surface area contributed by atoms with Crippen molar-refractivity contribution in [2.45, 2.75) is 32.7 Å². The summed E-state index contributed by atoms with van der Waals surface area (Å²) in [5, 5.41) is 12.3. The second-order valence-corrected chi connectivity index (χ2v) is 6.67. The summed E-state index contributed by atoms with van der Waals surface area (Å²) in [6.07, 6.45) is 4.96. The van der Waals surface area contributed by atoms with E-state index in [1.54, 1.807) is 11.8 Å². The normalized spacial score (nSPS) is 14.2. The molecular weight excluding hydrogens is 330 g/mol. The predicted molar refractivity (Wildman–Crippen MR) is 97.1 cm³/mol. The molecule has 2 aromatic heterocycles. The Morgan fingerprint density at radius 3 is 2.92 bits per heavy atom. The van der Waals surface area contributed by atoms with Gasteiger partial charge in [-0.25, -0.2) is 4.68 Å². The van der Waals surface area contributed by atoms with Gasteiger partial charge in [-0.1, -0.05) is 11.6 Å². The lowest BCUT2D eigenvalue weighted by Crippen LogP contribution is -2.34. The monoisotopic (exact) mass is 351 g/mol. The maximum Gasteiger partial charge on any atom is 0.223 e. The Balaban J connectivity index is 1.61. The molecule has 0 bridgehead atoms. The third-order valence-corrected chi connectivity index (χ3v) is 4.83. The molecular formula is C19H21N5O2. The highest BCUT2D eigenvalue weighted by Gasteiger charge is 2.24. The molecule has 0 aliphatic heterocycles. The SMILES string of the molecule is COc1ccc2nc(C)cc(-n3cc(CNC(=O)C4CCC4)nn3)c2c1. The molecule has 2 heterocycles. The van der Waals surface area contributed by atoms with Gasteiger partial charge in [-0.3, -0.25) is 9.78 Å². The third kappa shape index (κ3) is 3.12. The Hall–Kier alpha value is -2.96. The van der Waals surface area contributed by atoms with Gasteiger partial charge in [-0.05, 0) is 44.0 Å². The Labute approximate surface area is 151 Å². The number of hydrogen-bond donors (Lipinski definition) is 1. The van der Waals surface area contributed by atoms with Crippen molar-refractivity contribution in [3.63, 3.8) is 0 Å². The molecule has 0 atom stereocenters. The fourth-order valence-corrected chi connectivity index (χ4v) is 3.12. The minimum Gasteiger partial charge on any atom is -0.497 e. The average molecular weight is 351 g/mol. The number of pyridine rings is 1. The minimum atomic E-state index is 0.112. The van der Waals surface area contributed by atoms with E-state index in [1.165, 1.54) is 0 Å². The zero-order chi connectivity index (χ0) is 18.1. The summed E-state index contributed by atoms with van der Waals surface area (Å²) >= 11 is 0. The van der Waals surface area contributed by atoms with Gasteiger partial charge in [0.25, 0.3) is 0 Å². The van der Waals surface area contributed by atoms with Gasteiger partial charge in [0.1, 0.15) is 11.4 Å². The van der Waals surface area contributed by atoms with Crippen LogP contribution >= 0.6 is 0 Å². The molecule has 1 N–H and O–H groups in total. The Morgan fingerprint density at radius 1 is 1.35 bits per heavy atom. The van der Waals surface area contributed by atoms with Crippen LogP contribution in [0.4, 0.5) is 0 Å². The standard InChI is InChI=1S/C19H21N5O2/c1-12-8-18(16-9-15(26-2)6-7-17(16)21-12)24-11-14(22-23-24)10-20-19(25)13-4-3-5-13/h6-9,11,13H,3-5,10H2,1-2H3,(H,20,25). The number of hydrogen-bond acceptors (Lipinski definition) is 5. The molecule has 1 aliphatic rings. The van der Waals surface area contributed by atoms with Crippen molar-refractivity contribution >= 4 is 16.8 Å². The number of carbonyl (C=O) groups is 1. The second-order valence-electron chi connectivity index (χ2n) is 6.67. The van der Waals surface area contributed by atoms with Crippen molar-refractivity contribution < 1.29 is 9.53 Å². The van der Waals surface area contributed by atoms with Gasteiger partial charge in [0, 0.05) is 17.0 Å². The molecule has 7 nitrogen and oxygen atoms in total. The van der Waals surface area contributed by atoms with E-state index >= 15 is 0 Å². The summed E-state index contributed by atoms with van der Waals surface area (Å²) in [5.41, 5.74) is 3.38. The average Bonchev–Trinajstić information content (AvgIpc) is 3.06. The second kappa shape index (κ2) is 6.74. The van der Waals surface area contributed by atoms with Crippen molar-refractivity contribution in [2.24, 2.45) is 5.92 Å². The Morgan fingerprint density at radius 2 is 2.19 bits per heavy atom. The molecule has 0 spiro atoms. The molecule has 1 aromatic carbocycles. The van der Waals surface area contributed by atoms with Crippen LogP contribution in [0.3, 0.4) is 0 Å². The number of carbonyl (C=O) groups excluding carboxylic acids is 1. The van der Waals surface area contributed by atoms with E-state index in [9.17, 15) is 4.79 Å². The van der Waals surface area contributed by atoms with Crippen LogP contribution in [0.1, 0.15) is 30.7 Å². The fourth-order valence-electron chi connectivity index (χ4n) is 3.12. The quantitative estimate of drug-likeness (QED) is 0.764. The molecule has 134 valence electrons. The topological polar surface area (TPSA) is 81.9 Å². The first-order valence-corrected chi connectivity index (χ1v) is 8.79. The number of fused-ring (bicyclic) bond motifs is 1. The number of aromatic nitrogens is 4. The van der Waals surface area contributed by atoms with Gasteiger partial charge in [0.05, 0.1) is 31.1 Å². The highest BCUT2D eigenvalue weighted by molar-refractivity contribution is 5.88. The van der Waals surface area contributed by atoms with Crippen LogP contribution in [-0.4, -0.2) is 33.0 Å². The molecule has 3 aromatic rings. The van der Waals surface area contributed by atoms with Crippen LogP contribution in [0.15, 0.2) is 30.5 Å². The first-order valence-electron chi connectivity index (χ1n) is 8.79. The maximum atomic E-state index is 12.0. The number of ether oxygens (including phenoxy) is 1. The predicted octanol–water partition coefficient (Wildman–Crippen LogP) is 2.55. The highest BCUT2D eigenvalue weighted by atomic mass is 16.5. The summed E-state index contributed by atoms with van der Waals surface area (Å²) in [6.45, 7) is 2.34. The highest BCUT2D eigenvalue weighted by Crippen LogP contribution is 2.27. The molecule has 1 amide bonds. The molecule has 1 saturated carbocycles. The molecule has 0 unspecified atom stereocenters. The van der Waals surface area contributed by atoms with E-state index in [1.807, 2.05) is 37.4 Å². The number of rotatable bonds is 5. The van der Waals surface area contributed by atoms with Crippen molar-refractivity contribution in [1.82, 2.24) is 25.3 Å². The van der Waals surface area contributed by atoms with Crippen molar-refractivity contribution in [1.29, 1.82) is 0 Å². The molecule has 0 saturated heterocycles. The van der Waals surface area contributed by atoms with Gasteiger partial charge in [-0.15, -0.1) is 5.10 Å². The van der Waals surface area contributed by atoms with Gasteiger partial charge in [-0.2, -0.15) is 0 Å². The molecule has 26 heavy (non-hydrogen) atoms. The van der Waals surface area contributed by atoms with E-state index in [4.69, 9.17) is 4.74 Å². The number of nitrogens with zero attached hydrogens (tertiary/aromatic N) is 4. The van der Waals surface area contributed by atoms with Crippen LogP contribution in [0, 0.1) is 12.8 Å². The maximum absolute atomic E-state index is 12.0. The molecule has 4 rings (SSSR count). The summed E-state index contributed by atoms with van der Waals surface area (Å²) in [5.74, 6) is 1.04. The molecule has 1 aliphatic carbocycles. The van der Waals surface area contributed by atoms with E-state index in [0.29, 0.717) is 6.54 Å². The van der Waals surface area contributed by atoms with E-state index in [0.717, 1.165) is 53.0 Å². The lowest BCUT2D eigenvalue weighted by atomic mass is 9.85. The largest absolute Gasteiger partial charge is 0.497 e. The smallest absolute Gasteiger partial charge is 0.223 e. The van der Waals surface area contributed by atoms with Crippen molar-refractivity contribution in [3.8, 4) is 11.4 Å². The molecule has 7 heteroatoms. The molecule has 0 radical (unpaired) electrons. The minimum absolute atomic E-state index is 0.112. The zero-order valence-electron chi connectivity index (χ0n) is 14.9. The number of benzene rings is 1. The van der Waals surface area contributed by atoms with Crippen molar-refractivity contribution in [3.05, 3.63) is 41.9 Å². The Bertz CT molecular complexity index is 962. The zero-order valence-corrected chi connectivity index (χ0v) is 14.9. The van der Waals surface area contributed by atoms with Gasteiger partial charge >= 0.3 is 0 Å². The summed E-state index contributed by atoms with van der Waals surface area (Å²) in [6, 6.07) is 7.73. The van der Waals surface area contributed by atoms with Crippen LogP contribution in [-0.2, 0) is 11.3 Å². The lowest BCUT2D eigenvalue weighted by molar-refractivity contribution is -0.127. The third-order valence-electron chi connectivity index (χ3n) is 4.83. The number of methoxy groups -OCH3 is 1. The summed E-state index contributed by atoms with van der Waals surface area (Å²) in [7, 11) is 1.64. The van der Waals surface area contributed by atoms with Crippen LogP contribution in [0.2, 0.25) is 0 Å². The molecule has 1 fully saturated rings. The fraction of sp³-hybridized carbons (Fsp3) is 0.368. The van der Waals surface area contributed by atoms with Gasteiger partial charge in [0.15, 0.2) is 0 Å². The van der Waals surface area contributed by atoms with Gasteiger partial charge < -0.3 is 10.1 Å². The number of aryl methyl sites for hydroxylation is 1. The first-order chi connectivity index (χ1) is 12.6. The van der Waals surface area contributed by atoms with Gasteiger partial charge in [0.2, 0.25) is 5.91 Å². The van der Waals surface area contributed by atoms with E-state index in [-0.39, 0.29) is 11.8 Å². The lowest BCUT2D eigenvalue weighted by Gasteiger charge is -2.23. The summed E-state index contributed by atoms with van der Waals surface area (Å²) < 4.78 is 7.05. The van der Waals surface area contributed by atoms with E-state index < -0.39 is 0 Å². The van der Waals surface area contributed by atoms with Crippen molar-refractivity contribution in [2.75, 3.05) is 7.11 Å². The van der Waals surface area contributed by atoms with E-state index in [2.05, 4.69) is 20.6 Å². The van der Waals surface area contributed by atoms with Crippen LogP contribution in [0.25, 0.3) is 16.6 Å². The van der Waals surface area contributed by atoms with Crippen LogP contribution < -0.4 is 10.1 Å². The number of amides is 1.